The maximum absolute atomic E-state index is 10.9. The molecule has 1 heterocycles. The van der Waals surface area contributed by atoms with Gasteiger partial charge in [0, 0.05) is 10.0 Å². The number of pyridine rings is 1. The van der Waals surface area contributed by atoms with Gasteiger partial charge in [0.2, 0.25) is 5.88 Å². The van der Waals surface area contributed by atoms with E-state index < -0.39 is 4.92 Å². The maximum atomic E-state index is 10.9. The molecular weight excluding hydrogens is 404 g/mol. The van der Waals surface area contributed by atoms with Gasteiger partial charge in [-0.2, -0.15) is 0 Å². The summed E-state index contributed by atoms with van der Waals surface area (Å²) in [7, 11) is 0. The molecule has 0 radical (unpaired) electrons. The average Bonchev–Trinajstić information content (AvgIpc) is 2.41. The first-order valence-corrected chi connectivity index (χ1v) is 7.64. The van der Waals surface area contributed by atoms with Crippen molar-refractivity contribution in [2.45, 2.75) is 20.8 Å². The van der Waals surface area contributed by atoms with Crippen LogP contribution in [0.15, 0.2) is 27.3 Å². The van der Waals surface area contributed by atoms with Gasteiger partial charge in [-0.15, -0.1) is 0 Å². The SMILES string of the molecule is Cc1cc(Oc2ncc([N+](=O)[O-])c(C)c2Br)cc(C)c1Br. The molecule has 2 aromatic rings. The summed E-state index contributed by atoms with van der Waals surface area (Å²) in [6, 6.07) is 3.75. The zero-order chi connectivity index (χ0) is 15.7. The van der Waals surface area contributed by atoms with Gasteiger partial charge in [0.25, 0.3) is 5.69 Å². The minimum absolute atomic E-state index is 0.0441. The molecule has 0 saturated heterocycles. The molecule has 0 aliphatic rings. The van der Waals surface area contributed by atoms with Gasteiger partial charge in [-0.1, -0.05) is 15.9 Å². The molecular formula is C14H12Br2N2O3. The molecule has 1 aromatic heterocycles. The van der Waals surface area contributed by atoms with Gasteiger partial charge in [-0.3, -0.25) is 10.1 Å². The standard InChI is InChI=1S/C14H12Br2N2O3/c1-7-4-10(5-8(2)12(7)15)21-14-13(16)9(3)11(6-17-14)18(19)20/h4-6H,1-3H3. The minimum Gasteiger partial charge on any atom is -0.438 e. The highest BCUT2D eigenvalue weighted by atomic mass is 79.9. The van der Waals surface area contributed by atoms with E-state index in [9.17, 15) is 10.1 Å². The Morgan fingerprint density at radius 1 is 1.14 bits per heavy atom. The second-order valence-electron chi connectivity index (χ2n) is 4.62. The summed E-state index contributed by atoms with van der Waals surface area (Å²) in [5.41, 5.74) is 2.52. The lowest BCUT2D eigenvalue weighted by atomic mass is 10.1. The number of ether oxygens (including phenoxy) is 1. The Kier molecular flexibility index (Phi) is 4.63. The third kappa shape index (κ3) is 3.24. The van der Waals surface area contributed by atoms with E-state index >= 15 is 0 Å². The van der Waals surface area contributed by atoms with E-state index in [-0.39, 0.29) is 5.69 Å². The topological polar surface area (TPSA) is 65.3 Å². The molecule has 0 aliphatic heterocycles. The minimum atomic E-state index is -0.467. The van der Waals surface area contributed by atoms with Crippen molar-refractivity contribution in [2.75, 3.05) is 0 Å². The summed E-state index contributed by atoms with van der Waals surface area (Å²) < 4.78 is 7.25. The summed E-state index contributed by atoms with van der Waals surface area (Å²) in [6.07, 6.45) is 1.20. The normalized spacial score (nSPS) is 10.5. The van der Waals surface area contributed by atoms with Gasteiger partial charge in [0.05, 0.1) is 9.40 Å². The Labute approximate surface area is 138 Å². The first kappa shape index (κ1) is 15.9. The smallest absolute Gasteiger partial charge is 0.291 e. The third-order valence-corrected chi connectivity index (χ3v) is 5.21. The highest BCUT2D eigenvalue weighted by Crippen LogP contribution is 2.36. The summed E-state index contributed by atoms with van der Waals surface area (Å²) in [5.74, 6) is 0.939. The quantitative estimate of drug-likeness (QED) is 0.508. The van der Waals surface area contributed by atoms with Crippen LogP contribution in [0.4, 0.5) is 5.69 Å². The molecule has 2 rings (SSSR count). The fraction of sp³-hybridized carbons (Fsp3) is 0.214. The molecule has 0 unspecified atom stereocenters. The predicted molar refractivity (Wildman–Crippen MR) is 87.0 cm³/mol. The van der Waals surface area contributed by atoms with Gasteiger partial charge in [-0.25, -0.2) is 4.98 Å². The number of aromatic nitrogens is 1. The highest BCUT2D eigenvalue weighted by Gasteiger charge is 2.18. The first-order chi connectivity index (χ1) is 9.81. The Morgan fingerprint density at radius 2 is 1.71 bits per heavy atom. The van der Waals surface area contributed by atoms with Gasteiger partial charge >= 0.3 is 0 Å². The third-order valence-electron chi connectivity index (χ3n) is 3.03. The van der Waals surface area contributed by atoms with Crippen LogP contribution >= 0.6 is 31.9 Å². The Bertz CT molecular complexity index is 709. The molecule has 21 heavy (non-hydrogen) atoms. The molecule has 0 N–H and O–H groups in total. The van der Waals surface area contributed by atoms with Crippen LogP contribution in [0.5, 0.6) is 11.6 Å². The number of nitro groups is 1. The molecule has 0 aliphatic carbocycles. The molecule has 1 aromatic carbocycles. The largest absolute Gasteiger partial charge is 0.438 e. The molecule has 0 atom stereocenters. The molecule has 0 spiro atoms. The summed E-state index contributed by atoms with van der Waals surface area (Å²) in [5, 5.41) is 10.9. The van der Waals surface area contributed by atoms with Gasteiger partial charge in [0.1, 0.15) is 11.9 Å². The maximum Gasteiger partial charge on any atom is 0.291 e. The van der Waals surface area contributed by atoms with Crippen molar-refractivity contribution in [1.82, 2.24) is 4.98 Å². The van der Waals surface area contributed by atoms with Gasteiger partial charge < -0.3 is 4.74 Å². The van der Waals surface area contributed by atoms with Crippen molar-refractivity contribution < 1.29 is 9.66 Å². The van der Waals surface area contributed by atoms with E-state index in [1.54, 1.807) is 6.92 Å². The number of benzene rings is 1. The van der Waals surface area contributed by atoms with E-state index in [0.717, 1.165) is 15.6 Å². The number of rotatable bonds is 3. The van der Waals surface area contributed by atoms with E-state index in [0.29, 0.717) is 21.7 Å². The van der Waals surface area contributed by atoms with Crippen LogP contribution in [0.25, 0.3) is 0 Å². The Hall–Kier alpha value is -1.47. The second kappa shape index (κ2) is 6.11. The second-order valence-corrected chi connectivity index (χ2v) is 6.20. The highest BCUT2D eigenvalue weighted by molar-refractivity contribution is 9.11. The Morgan fingerprint density at radius 3 is 2.24 bits per heavy atom. The lowest BCUT2D eigenvalue weighted by molar-refractivity contribution is -0.385. The van der Waals surface area contributed by atoms with Gasteiger partial charge in [0.15, 0.2) is 0 Å². The van der Waals surface area contributed by atoms with Crippen molar-refractivity contribution in [3.63, 3.8) is 0 Å². The predicted octanol–water partition coefficient (Wildman–Crippen LogP) is 5.23. The van der Waals surface area contributed by atoms with E-state index in [1.165, 1.54) is 6.20 Å². The molecule has 0 bridgehead atoms. The van der Waals surface area contributed by atoms with E-state index in [1.807, 2.05) is 26.0 Å². The fourth-order valence-corrected chi connectivity index (χ4v) is 2.49. The van der Waals surface area contributed by atoms with Crippen LogP contribution < -0.4 is 4.74 Å². The van der Waals surface area contributed by atoms with Crippen LogP contribution in [0.1, 0.15) is 16.7 Å². The van der Waals surface area contributed by atoms with Crippen molar-refractivity contribution >= 4 is 37.5 Å². The first-order valence-electron chi connectivity index (χ1n) is 6.05. The Balaban J connectivity index is 2.41. The summed E-state index contributed by atoms with van der Waals surface area (Å²) >= 11 is 6.80. The number of aryl methyl sites for hydroxylation is 2. The molecule has 0 amide bonds. The number of halogens is 2. The number of hydrogen-bond donors (Lipinski definition) is 0. The number of hydrogen-bond acceptors (Lipinski definition) is 4. The molecule has 7 heteroatoms. The van der Waals surface area contributed by atoms with E-state index in [4.69, 9.17) is 4.74 Å². The van der Waals surface area contributed by atoms with Crippen LogP contribution in [-0.2, 0) is 0 Å². The van der Waals surface area contributed by atoms with Crippen LogP contribution in [0.2, 0.25) is 0 Å². The van der Waals surface area contributed by atoms with Crippen LogP contribution in [0.3, 0.4) is 0 Å². The number of nitrogens with zero attached hydrogens (tertiary/aromatic N) is 2. The van der Waals surface area contributed by atoms with Crippen LogP contribution in [-0.4, -0.2) is 9.91 Å². The molecule has 110 valence electrons. The zero-order valence-electron chi connectivity index (χ0n) is 11.6. The van der Waals surface area contributed by atoms with Gasteiger partial charge in [-0.05, 0) is 60.0 Å². The van der Waals surface area contributed by atoms with Crippen molar-refractivity contribution in [3.8, 4) is 11.6 Å². The fourth-order valence-electron chi connectivity index (χ4n) is 1.88. The molecule has 0 fully saturated rings. The van der Waals surface area contributed by atoms with E-state index in [2.05, 4.69) is 36.8 Å². The monoisotopic (exact) mass is 414 g/mol. The molecule has 5 nitrogen and oxygen atoms in total. The lowest BCUT2D eigenvalue weighted by Gasteiger charge is -2.11. The summed E-state index contributed by atoms with van der Waals surface area (Å²) in [4.78, 5) is 14.4. The zero-order valence-corrected chi connectivity index (χ0v) is 14.8. The summed E-state index contributed by atoms with van der Waals surface area (Å²) in [6.45, 7) is 5.58. The van der Waals surface area contributed by atoms with Crippen molar-refractivity contribution in [1.29, 1.82) is 0 Å². The molecule has 0 saturated carbocycles. The average molecular weight is 416 g/mol. The van der Waals surface area contributed by atoms with Crippen molar-refractivity contribution in [3.05, 3.63) is 54.1 Å². The van der Waals surface area contributed by atoms with Crippen LogP contribution in [0, 0.1) is 30.9 Å². The lowest BCUT2D eigenvalue weighted by Crippen LogP contribution is -1.97. The van der Waals surface area contributed by atoms with Crippen molar-refractivity contribution in [2.24, 2.45) is 0 Å².